The maximum atomic E-state index is 13.0. The molecule has 1 aromatic rings. The highest BCUT2D eigenvalue weighted by Crippen LogP contribution is 2.29. The van der Waals surface area contributed by atoms with Gasteiger partial charge in [0.1, 0.15) is 5.54 Å². The summed E-state index contributed by atoms with van der Waals surface area (Å²) in [6.07, 6.45) is 8.60. The first-order chi connectivity index (χ1) is 9.74. The number of carbonyl (C=O) groups is 1. The first-order valence-corrected chi connectivity index (χ1v) is 6.96. The Morgan fingerprint density at radius 3 is 2.50 bits per heavy atom. The van der Waals surface area contributed by atoms with Crippen molar-refractivity contribution < 1.29 is 4.79 Å². The van der Waals surface area contributed by atoms with Crippen molar-refractivity contribution in [2.75, 3.05) is 26.2 Å². The molecule has 2 heterocycles. The number of piperidine rings is 1. The van der Waals surface area contributed by atoms with E-state index in [-0.39, 0.29) is 5.91 Å². The lowest BCUT2D eigenvalue weighted by atomic mass is 9.86. The summed E-state index contributed by atoms with van der Waals surface area (Å²) in [6, 6.07) is 1.86. The van der Waals surface area contributed by atoms with Gasteiger partial charge in [-0.15, -0.1) is 13.2 Å². The third-order valence-electron chi connectivity index (χ3n) is 3.76. The van der Waals surface area contributed by atoms with Crippen LogP contribution in [0.1, 0.15) is 12.8 Å². The molecule has 0 radical (unpaired) electrons. The Labute approximate surface area is 120 Å². The van der Waals surface area contributed by atoms with Crippen LogP contribution < -0.4 is 5.32 Å². The van der Waals surface area contributed by atoms with E-state index in [4.69, 9.17) is 0 Å². The molecule has 1 aliphatic rings. The number of aromatic nitrogens is 2. The van der Waals surface area contributed by atoms with E-state index in [1.165, 1.54) is 0 Å². The standard InChI is InChI=1S/C15H22N4O/c1-3-11-18(12-4-2)14(20)15(6-9-16-10-7-15)19-13-5-8-17-19/h3-5,8,13,16H,1-2,6-7,9-12H2. The average molecular weight is 274 g/mol. The minimum absolute atomic E-state index is 0.0995. The second-order valence-corrected chi connectivity index (χ2v) is 5.02. The fourth-order valence-electron chi connectivity index (χ4n) is 2.75. The lowest BCUT2D eigenvalue weighted by Gasteiger charge is -2.39. The first kappa shape index (κ1) is 14.5. The first-order valence-electron chi connectivity index (χ1n) is 6.96. The highest BCUT2D eigenvalue weighted by atomic mass is 16.2. The smallest absolute Gasteiger partial charge is 0.251 e. The van der Waals surface area contributed by atoms with E-state index in [1.54, 1.807) is 23.2 Å². The molecule has 0 aliphatic carbocycles. The normalized spacial score (nSPS) is 17.4. The van der Waals surface area contributed by atoms with Crippen LogP contribution in [0.5, 0.6) is 0 Å². The summed E-state index contributed by atoms with van der Waals surface area (Å²) in [6.45, 7) is 10.2. The molecule has 1 N–H and O–H groups in total. The molecule has 0 unspecified atom stereocenters. The Morgan fingerprint density at radius 2 is 2.00 bits per heavy atom. The van der Waals surface area contributed by atoms with Crippen molar-refractivity contribution in [2.24, 2.45) is 0 Å². The Hall–Kier alpha value is -1.88. The van der Waals surface area contributed by atoms with E-state index in [2.05, 4.69) is 23.6 Å². The molecule has 0 spiro atoms. The molecule has 1 saturated heterocycles. The number of hydrogen-bond donors (Lipinski definition) is 1. The molecule has 20 heavy (non-hydrogen) atoms. The van der Waals surface area contributed by atoms with Crippen LogP contribution in [0.25, 0.3) is 0 Å². The molecule has 5 heteroatoms. The van der Waals surface area contributed by atoms with Gasteiger partial charge in [-0.3, -0.25) is 9.48 Å². The van der Waals surface area contributed by atoms with Crippen LogP contribution in [-0.2, 0) is 10.3 Å². The van der Waals surface area contributed by atoms with Gasteiger partial charge in [-0.2, -0.15) is 5.10 Å². The largest absolute Gasteiger partial charge is 0.333 e. The van der Waals surface area contributed by atoms with Gasteiger partial charge in [0.05, 0.1) is 0 Å². The molecule has 2 rings (SSSR count). The zero-order chi connectivity index (χ0) is 14.4. The lowest BCUT2D eigenvalue weighted by Crippen LogP contribution is -2.55. The lowest BCUT2D eigenvalue weighted by molar-refractivity contribution is -0.142. The Balaban J connectivity index is 2.32. The van der Waals surface area contributed by atoms with Gasteiger partial charge in [-0.25, -0.2) is 0 Å². The number of hydrogen-bond acceptors (Lipinski definition) is 3. The molecule has 5 nitrogen and oxygen atoms in total. The second-order valence-electron chi connectivity index (χ2n) is 5.02. The maximum Gasteiger partial charge on any atom is 0.251 e. The van der Waals surface area contributed by atoms with E-state index in [0.29, 0.717) is 13.1 Å². The van der Waals surface area contributed by atoms with Crippen LogP contribution in [0.3, 0.4) is 0 Å². The minimum atomic E-state index is -0.583. The SMILES string of the molecule is C=CCN(CC=C)C(=O)C1(n2cccn2)CCNCC1. The quantitative estimate of drug-likeness (QED) is 0.792. The van der Waals surface area contributed by atoms with Crippen molar-refractivity contribution in [3.8, 4) is 0 Å². The molecule has 1 aromatic heterocycles. The Morgan fingerprint density at radius 1 is 1.35 bits per heavy atom. The van der Waals surface area contributed by atoms with E-state index >= 15 is 0 Å². The predicted molar refractivity (Wildman–Crippen MR) is 79.3 cm³/mol. The molecular formula is C15H22N4O. The van der Waals surface area contributed by atoms with Gasteiger partial charge in [0.2, 0.25) is 0 Å². The number of carbonyl (C=O) groups excluding carboxylic acids is 1. The number of nitrogens with zero attached hydrogens (tertiary/aromatic N) is 3. The highest BCUT2D eigenvalue weighted by Gasteiger charge is 2.43. The molecule has 0 bridgehead atoms. The van der Waals surface area contributed by atoms with E-state index < -0.39 is 5.54 Å². The van der Waals surface area contributed by atoms with Crippen molar-refractivity contribution in [1.82, 2.24) is 20.0 Å². The van der Waals surface area contributed by atoms with Crippen LogP contribution in [0.2, 0.25) is 0 Å². The summed E-state index contributed by atoms with van der Waals surface area (Å²) in [5, 5.41) is 7.63. The molecule has 1 aliphatic heterocycles. The van der Waals surface area contributed by atoms with Crippen LogP contribution >= 0.6 is 0 Å². The number of rotatable bonds is 6. The number of nitrogens with one attached hydrogen (secondary N) is 1. The van der Waals surface area contributed by atoms with Crippen LogP contribution in [0.15, 0.2) is 43.8 Å². The zero-order valence-electron chi connectivity index (χ0n) is 11.8. The second kappa shape index (κ2) is 6.52. The summed E-state index contributed by atoms with van der Waals surface area (Å²) in [4.78, 5) is 14.8. The van der Waals surface area contributed by atoms with Crippen molar-refractivity contribution in [1.29, 1.82) is 0 Å². The summed E-state index contributed by atoms with van der Waals surface area (Å²) in [5.41, 5.74) is -0.583. The molecule has 1 fully saturated rings. The fraction of sp³-hybridized carbons (Fsp3) is 0.467. The third kappa shape index (κ3) is 2.67. The summed E-state index contributed by atoms with van der Waals surface area (Å²) < 4.78 is 1.81. The summed E-state index contributed by atoms with van der Waals surface area (Å²) in [7, 11) is 0. The molecule has 0 atom stereocenters. The Bertz CT molecular complexity index is 450. The summed E-state index contributed by atoms with van der Waals surface area (Å²) in [5.74, 6) is 0.0995. The predicted octanol–water partition coefficient (Wildman–Crippen LogP) is 1.16. The number of amides is 1. The maximum absolute atomic E-state index is 13.0. The van der Waals surface area contributed by atoms with Gasteiger partial charge >= 0.3 is 0 Å². The molecule has 1 amide bonds. The van der Waals surface area contributed by atoms with Crippen molar-refractivity contribution in [3.05, 3.63) is 43.8 Å². The van der Waals surface area contributed by atoms with Crippen molar-refractivity contribution >= 4 is 5.91 Å². The van der Waals surface area contributed by atoms with Crippen LogP contribution in [-0.4, -0.2) is 46.8 Å². The average Bonchev–Trinajstić information content (AvgIpc) is 3.02. The van der Waals surface area contributed by atoms with Crippen molar-refractivity contribution in [3.63, 3.8) is 0 Å². The van der Waals surface area contributed by atoms with Gasteiger partial charge < -0.3 is 10.2 Å². The van der Waals surface area contributed by atoms with E-state index in [0.717, 1.165) is 25.9 Å². The van der Waals surface area contributed by atoms with Gasteiger partial charge in [0, 0.05) is 25.5 Å². The zero-order valence-corrected chi connectivity index (χ0v) is 11.8. The van der Waals surface area contributed by atoms with Gasteiger partial charge in [-0.05, 0) is 32.0 Å². The van der Waals surface area contributed by atoms with E-state index in [1.807, 2.05) is 16.9 Å². The molecule has 0 aromatic carbocycles. The van der Waals surface area contributed by atoms with Gasteiger partial charge in [0.15, 0.2) is 0 Å². The van der Waals surface area contributed by atoms with Gasteiger partial charge in [0.25, 0.3) is 5.91 Å². The summed E-state index contributed by atoms with van der Waals surface area (Å²) >= 11 is 0. The molecule has 0 saturated carbocycles. The highest BCUT2D eigenvalue weighted by molar-refractivity contribution is 5.85. The van der Waals surface area contributed by atoms with Crippen LogP contribution in [0, 0.1) is 0 Å². The molecular weight excluding hydrogens is 252 g/mol. The Kier molecular flexibility index (Phi) is 4.74. The monoisotopic (exact) mass is 274 g/mol. The fourth-order valence-corrected chi connectivity index (χ4v) is 2.75. The third-order valence-corrected chi connectivity index (χ3v) is 3.76. The minimum Gasteiger partial charge on any atom is -0.333 e. The van der Waals surface area contributed by atoms with Crippen molar-refractivity contribution in [2.45, 2.75) is 18.4 Å². The van der Waals surface area contributed by atoms with E-state index in [9.17, 15) is 4.79 Å². The molecule has 108 valence electrons. The van der Waals surface area contributed by atoms with Crippen LogP contribution in [0.4, 0.5) is 0 Å². The topological polar surface area (TPSA) is 50.2 Å². The van der Waals surface area contributed by atoms with Gasteiger partial charge in [-0.1, -0.05) is 12.2 Å².